The molecule has 0 radical (unpaired) electrons. The van der Waals surface area contributed by atoms with Gasteiger partial charge in [-0.3, -0.25) is 4.79 Å². The van der Waals surface area contributed by atoms with Crippen molar-refractivity contribution in [1.29, 1.82) is 5.26 Å². The van der Waals surface area contributed by atoms with Gasteiger partial charge in [-0.15, -0.1) is 0 Å². The Kier molecular flexibility index (Phi) is 6.14. The summed E-state index contributed by atoms with van der Waals surface area (Å²) >= 11 is 0. The van der Waals surface area contributed by atoms with Crippen molar-refractivity contribution in [1.82, 2.24) is 9.88 Å². The topological polar surface area (TPSA) is 57.8 Å². The van der Waals surface area contributed by atoms with Crippen LogP contribution in [0.25, 0.3) is 0 Å². The minimum absolute atomic E-state index is 0.120. The minimum Gasteiger partial charge on any atom is -0.353 e. The fraction of sp³-hybridized carbons (Fsp3) is 0.600. The van der Waals surface area contributed by atoms with E-state index in [0.717, 1.165) is 19.4 Å². The lowest BCUT2D eigenvalue weighted by atomic mass is 9.80. The zero-order chi connectivity index (χ0) is 14.1. The first-order valence-corrected chi connectivity index (χ1v) is 6.99. The maximum Gasteiger partial charge on any atom is 0.240 e. The van der Waals surface area contributed by atoms with Crippen LogP contribution in [0.4, 0.5) is 0 Å². The quantitative estimate of drug-likeness (QED) is 0.782. The molecule has 0 fully saturated rings. The Labute approximate surface area is 115 Å². The van der Waals surface area contributed by atoms with Gasteiger partial charge in [0.05, 0.1) is 6.07 Å². The fourth-order valence-electron chi connectivity index (χ4n) is 2.36. The number of nitriles is 1. The van der Waals surface area contributed by atoms with Gasteiger partial charge in [0.2, 0.25) is 5.91 Å². The molecule has 19 heavy (non-hydrogen) atoms. The maximum absolute atomic E-state index is 12.3. The molecule has 1 N–H and O–H groups in total. The molecule has 0 aromatic carbocycles. The summed E-state index contributed by atoms with van der Waals surface area (Å²) < 4.78 is 2.01. The zero-order valence-electron chi connectivity index (χ0n) is 11.9. The van der Waals surface area contributed by atoms with Gasteiger partial charge in [-0.1, -0.05) is 26.7 Å². The molecule has 0 unspecified atom stereocenters. The molecule has 104 valence electrons. The lowest BCUT2D eigenvalue weighted by Crippen LogP contribution is -2.41. The van der Waals surface area contributed by atoms with Crippen LogP contribution in [0.3, 0.4) is 0 Å². The fourth-order valence-corrected chi connectivity index (χ4v) is 2.36. The highest BCUT2D eigenvalue weighted by Crippen LogP contribution is 2.29. The number of nitrogens with zero attached hydrogens (tertiary/aromatic N) is 2. The summed E-state index contributed by atoms with van der Waals surface area (Å²) in [6, 6.07) is 6.15. The molecule has 0 atom stereocenters. The van der Waals surface area contributed by atoms with Crippen molar-refractivity contribution >= 4 is 5.91 Å². The Bertz CT molecular complexity index is 411. The lowest BCUT2D eigenvalue weighted by Gasteiger charge is -2.24. The molecule has 1 amide bonds. The molecule has 1 rings (SSSR count). The van der Waals surface area contributed by atoms with Crippen LogP contribution < -0.4 is 5.32 Å². The molecular weight excluding hydrogens is 238 g/mol. The van der Waals surface area contributed by atoms with Gasteiger partial charge in [0.25, 0.3) is 0 Å². The van der Waals surface area contributed by atoms with E-state index in [9.17, 15) is 10.1 Å². The van der Waals surface area contributed by atoms with Gasteiger partial charge in [0.15, 0.2) is 0 Å². The molecule has 0 saturated carbocycles. The Hall–Kier alpha value is -1.76. The van der Waals surface area contributed by atoms with E-state index in [4.69, 9.17) is 0 Å². The van der Waals surface area contributed by atoms with Gasteiger partial charge in [0.1, 0.15) is 5.41 Å². The molecule has 0 aliphatic carbocycles. The SMILES string of the molecule is CCCC(C#N)(CCC)C(=O)NCCn1cccc1. The van der Waals surface area contributed by atoms with Crippen LogP contribution in [0, 0.1) is 16.7 Å². The average molecular weight is 261 g/mol. The first kappa shape index (κ1) is 15.3. The van der Waals surface area contributed by atoms with E-state index in [2.05, 4.69) is 11.4 Å². The third-order valence-electron chi connectivity index (χ3n) is 3.32. The molecule has 4 nitrogen and oxygen atoms in total. The number of aromatic nitrogens is 1. The molecule has 4 heteroatoms. The van der Waals surface area contributed by atoms with Gasteiger partial charge in [-0.25, -0.2) is 0 Å². The number of rotatable bonds is 8. The summed E-state index contributed by atoms with van der Waals surface area (Å²) in [4.78, 5) is 12.3. The summed E-state index contributed by atoms with van der Waals surface area (Å²) in [7, 11) is 0. The van der Waals surface area contributed by atoms with Crippen LogP contribution in [0.5, 0.6) is 0 Å². The summed E-state index contributed by atoms with van der Waals surface area (Å²) in [5.41, 5.74) is -0.847. The summed E-state index contributed by atoms with van der Waals surface area (Å²) in [5.74, 6) is -0.120. The molecule has 0 spiro atoms. The third-order valence-corrected chi connectivity index (χ3v) is 3.32. The van der Waals surface area contributed by atoms with Crippen molar-refractivity contribution in [3.8, 4) is 6.07 Å². The number of amides is 1. The predicted molar refractivity (Wildman–Crippen MR) is 75.3 cm³/mol. The summed E-state index contributed by atoms with van der Waals surface area (Å²) in [6.07, 6.45) is 6.88. The number of nitrogens with one attached hydrogen (secondary N) is 1. The van der Waals surface area contributed by atoms with Crippen molar-refractivity contribution in [2.45, 2.75) is 46.1 Å². The van der Waals surface area contributed by atoms with E-state index >= 15 is 0 Å². The van der Waals surface area contributed by atoms with E-state index in [-0.39, 0.29) is 5.91 Å². The molecular formula is C15H23N3O. The molecule has 0 saturated heterocycles. The highest BCUT2D eigenvalue weighted by molar-refractivity contribution is 5.85. The molecule has 1 aromatic heterocycles. The van der Waals surface area contributed by atoms with Crippen LogP contribution in [0.15, 0.2) is 24.5 Å². The van der Waals surface area contributed by atoms with Gasteiger partial charge in [0, 0.05) is 25.5 Å². The smallest absolute Gasteiger partial charge is 0.240 e. The second-order valence-corrected chi connectivity index (χ2v) is 4.87. The van der Waals surface area contributed by atoms with Gasteiger partial charge in [-0.2, -0.15) is 5.26 Å². The van der Waals surface area contributed by atoms with E-state index in [1.165, 1.54) is 0 Å². The first-order chi connectivity index (χ1) is 9.18. The van der Waals surface area contributed by atoms with E-state index < -0.39 is 5.41 Å². The van der Waals surface area contributed by atoms with E-state index in [0.29, 0.717) is 19.4 Å². The average Bonchev–Trinajstić information content (AvgIpc) is 2.91. The zero-order valence-corrected chi connectivity index (χ0v) is 11.9. The Morgan fingerprint density at radius 1 is 1.26 bits per heavy atom. The highest BCUT2D eigenvalue weighted by Gasteiger charge is 2.36. The van der Waals surface area contributed by atoms with Crippen molar-refractivity contribution in [2.24, 2.45) is 5.41 Å². The molecule has 0 bridgehead atoms. The van der Waals surface area contributed by atoms with Crippen molar-refractivity contribution < 1.29 is 4.79 Å². The van der Waals surface area contributed by atoms with Gasteiger partial charge in [-0.05, 0) is 25.0 Å². The van der Waals surface area contributed by atoms with E-state index in [1.54, 1.807) is 0 Å². The number of hydrogen-bond acceptors (Lipinski definition) is 2. The number of hydrogen-bond donors (Lipinski definition) is 1. The Morgan fingerprint density at radius 2 is 1.84 bits per heavy atom. The predicted octanol–water partition coefficient (Wildman–Crippen LogP) is 2.71. The summed E-state index contributed by atoms with van der Waals surface area (Å²) in [6.45, 7) is 5.31. The minimum atomic E-state index is -0.847. The lowest BCUT2D eigenvalue weighted by molar-refractivity contribution is -0.128. The Morgan fingerprint density at radius 3 is 2.32 bits per heavy atom. The van der Waals surface area contributed by atoms with Crippen LogP contribution in [0.1, 0.15) is 39.5 Å². The Balaban J connectivity index is 2.54. The standard InChI is InChI=1S/C15H23N3O/c1-3-7-15(13-16,8-4-2)14(19)17-9-12-18-10-5-6-11-18/h5-6,10-11H,3-4,7-9,12H2,1-2H3,(H,17,19). The molecule has 0 aliphatic rings. The number of carbonyl (C=O) groups is 1. The highest BCUT2D eigenvalue weighted by atomic mass is 16.2. The number of carbonyl (C=O) groups excluding carboxylic acids is 1. The van der Waals surface area contributed by atoms with Gasteiger partial charge < -0.3 is 9.88 Å². The molecule has 1 heterocycles. The molecule has 1 aromatic rings. The van der Waals surface area contributed by atoms with Crippen molar-refractivity contribution in [2.75, 3.05) is 6.54 Å². The van der Waals surface area contributed by atoms with Crippen LogP contribution >= 0.6 is 0 Å². The second-order valence-electron chi connectivity index (χ2n) is 4.87. The van der Waals surface area contributed by atoms with E-state index in [1.807, 2.05) is 42.9 Å². The summed E-state index contributed by atoms with van der Waals surface area (Å²) in [5, 5.41) is 12.3. The molecule has 0 aliphatic heterocycles. The normalized spacial score (nSPS) is 11.0. The van der Waals surface area contributed by atoms with Crippen molar-refractivity contribution in [3.63, 3.8) is 0 Å². The van der Waals surface area contributed by atoms with Crippen LogP contribution in [-0.4, -0.2) is 17.0 Å². The largest absolute Gasteiger partial charge is 0.353 e. The maximum atomic E-state index is 12.3. The van der Waals surface area contributed by atoms with Crippen LogP contribution in [-0.2, 0) is 11.3 Å². The van der Waals surface area contributed by atoms with Gasteiger partial charge >= 0.3 is 0 Å². The second kappa shape index (κ2) is 7.63. The monoisotopic (exact) mass is 261 g/mol. The van der Waals surface area contributed by atoms with Crippen molar-refractivity contribution in [3.05, 3.63) is 24.5 Å². The van der Waals surface area contributed by atoms with Crippen LogP contribution in [0.2, 0.25) is 0 Å². The third kappa shape index (κ3) is 4.13. The first-order valence-electron chi connectivity index (χ1n) is 6.99.